The molecule has 1 heterocycles. The summed E-state index contributed by atoms with van der Waals surface area (Å²) in [5, 5.41) is 9.65. The van der Waals surface area contributed by atoms with Gasteiger partial charge in [0.1, 0.15) is 5.75 Å². The van der Waals surface area contributed by atoms with Crippen LogP contribution in [0.15, 0.2) is 18.2 Å². The van der Waals surface area contributed by atoms with Crippen molar-refractivity contribution in [3.8, 4) is 5.75 Å². The van der Waals surface area contributed by atoms with Crippen LogP contribution in [0.1, 0.15) is 36.5 Å². The molecule has 0 aromatic heterocycles. The zero-order valence-electron chi connectivity index (χ0n) is 10.5. The second-order valence-corrected chi connectivity index (χ2v) is 5.97. The molecule has 1 aromatic carbocycles. The molecular weight excluding hydrogens is 341 g/mol. The fourth-order valence-electron chi connectivity index (χ4n) is 2.37. The molecule has 4 heteroatoms. The zero-order valence-corrected chi connectivity index (χ0v) is 12.7. The lowest BCUT2D eigenvalue weighted by molar-refractivity contribution is 0.0688. The topological polar surface area (TPSA) is 40.5 Å². The number of piperidine rings is 1. The number of aromatic hydroxyl groups is 1. The number of benzene rings is 1. The minimum atomic E-state index is 0.0382. The van der Waals surface area contributed by atoms with Crippen LogP contribution in [-0.4, -0.2) is 29.0 Å². The van der Waals surface area contributed by atoms with Crippen LogP contribution in [-0.2, 0) is 0 Å². The van der Waals surface area contributed by atoms with E-state index in [0.29, 0.717) is 5.56 Å². The predicted molar refractivity (Wildman–Crippen MR) is 79.7 cm³/mol. The van der Waals surface area contributed by atoms with Gasteiger partial charge in [-0.3, -0.25) is 4.79 Å². The Morgan fingerprint density at radius 3 is 2.67 bits per heavy atom. The number of amides is 1. The first kappa shape index (κ1) is 13.6. The predicted octanol–water partition coefficient (Wildman–Crippen LogP) is 3.26. The van der Waals surface area contributed by atoms with Gasteiger partial charge in [0.05, 0.1) is 3.57 Å². The molecule has 0 saturated carbocycles. The summed E-state index contributed by atoms with van der Waals surface area (Å²) >= 11 is 2.05. The number of rotatable bonds is 2. The summed E-state index contributed by atoms with van der Waals surface area (Å²) < 4.78 is 0.772. The maximum atomic E-state index is 12.3. The van der Waals surface area contributed by atoms with Crippen LogP contribution in [0, 0.1) is 9.49 Å². The molecule has 18 heavy (non-hydrogen) atoms. The third-order valence-electron chi connectivity index (χ3n) is 3.67. The van der Waals surface area contributed by atoms with E-state index in [0.717, 1.165) is 35.4 Å². The molecule has 1 saturated heterocycles. The van der Waals surface area contributed by atoms with E-state index in [1.54, 1.807) is 18.2 Å². The summed E-state index contributed by atoms with van der Waals surface area (Å²) in [7, 11) is 0. The van der Waals surface area contributed by atoms with Gasteiger partial charge in [-0.15, -0.1) is 0 Å². The number of phenolic OH excluding ortho intramolecular Hbond substituents is 1. The van der Waals surface area contributed by atoms with Gasteiger partial charge in [0.2, 0.25) is 0 Å². The zero-order chi connectivity index (χ0) is 13.1. The normalized spacial score (nSPS) is 16.9. The molecule has 1 N–H and O–H groups in total. The van der Waals surface area contributed by atoms with Gasteiger partial charge < -0.3 is 10.0 Å². The van der Waals surface area contributed by atoms with Gasteiger partial charge in [0, 0.05) is 18.7 Å². The molecule has 1 aromatic rings. The van der Waals surface area contributed by atoms with Crippen LogP contribution in [0.25, 0.3) is 0 Å². The van der Waals surface area contributed by atoms with E-state index >= 15 is 0 Å². The van der Waals surface area contributed by atoms with E-state index in [1.165, 1.54) is 6.42 Å². The number of phenols is 1. The van der Waals surface area contributed by atoms with Gasteiger partial charge in [0.15, 0.2) is 0 Å². The number of hydrogen-bond donors (Lipinski definition) is 1. The molecule has 2 rings (SSSR count). The van der Waals surface area contributed by atoms with Crippen molar-refractivity contribution in [3.05, 3.63) is 27.3 Å². The Labute approximate surface area is 121 Å². The first-order chi connectivity index (χ1) is 8.61. The van der Waals surface area contributed by atoms with E-state index < -0.39 is 0 Å². The summed E-state index contributed by atoms with van der Waals surface area (Å²) in [4.78, 5) is 14.2. The van der Waals surface area contributed by atoms with Gasteiger partial charge in [-0.05, 0) is 59.5 Å². The van der Waals surface area contributed by atoms with E-state index in [4.69, 9.17) is 0 Å². The highest BCUT2D eigenvalue weighted by molar-refractivity contribution is 14.1. The third kappa shape index (κ3) is 2.96. The van der Waals surface area contributed by atoms with Crippen LogP contribution < -0.4 is 0 Å². The van der Waals surface area contributed by atoms with Gasteiger partial charge in [-0.25, -0.2) is 0 Å². The third-order valence-corrected chi connectivity index (χ3v) is 4.58. The summed E-state index contributed by atoms with van der Waals surface area (Å²) in [5.41, 5.74) is 0.586. The summed E-state index contributed by atoms with van der Waals surface area (Å²) in [6.07, 6.45) is 3.39. The van der Waals surface area contributed by atoms with Crippen molar-refractivity contribution >= 4 is 28.5 Å². The Morgan fingerprint density at radius 2 is 2.11 bits per heavy atom. The van der Waals surface area contributed by atoms with Crippen molar-refractivity contribution in [2.24, 2.45) is 5.92 Å². The first-order valence-corrected chi connectivity index (χ1v) is 7.47. The molecule has 0 unspecified atom stereocenters. The largest absolute Gasteiger partial charge is 0.507 e. The molecule has 1 amide bonds. The van der Waals surface area contributed by atoms with Crippen molar-refractivity contribution < 1.29 is 9.90 Å². The average molecular weight is 359 g/mol. The van der Waals surface area contributed by atoms with E-state index in [-0.39, 0.29) is 11.7 Å². The maximum absolute atomic E-state index is 12.3. The number of hydrogen-bond acceptors (Lipinski definition) is 2. The van der Waals surface area contributed by atoms with Gasteiger partial charge in [-0.2, -0.15) is 0 Å². The van der Waals surface area contributed by atoms with Crippen LogP contribution in [0.5, 0.6) is 5.75 Å². The summed E-state index contributed by atoms with van der Waals surface area (Å²) in [6, 6.07) is 5.13. The van der Waals surface area contributed by atoms with Crippen molar-refractivity contribution in [1.29, 1.82) is 0 Å². The molecule has 3 nitrogen and oxygen atoms in total. The summed E-state index contributed by atoms with van der Waals surface area (Å²) in [6.45, 7) is 3.88. The van der Waals surface area contributed by atoms with E-state index in [1.807, 2.05) is 4.90 Å². The number of likely N-dealkylation sites (tertiary alicyclic amines) is 1. The Hall–Kier alpha value is -0.780. The molecule has 98 valence electrons. The van der Waals surface area contributed by atoms with Crippen molar-refractivity contribution in [2.45, 2.75) is 26.2 Å². The lowest BCUT2D eigenvalue weighted by atomic mass is 9.94. The number of carbonyl (C=O) groups excluding carboxylic acids is 1. The standard InChI is InChI=1S/C14H18INO2/c1-2-10-5-7-16(8-6-10)14(18)11-3-4-12(15)13(17)9-11/h3-4,9-10,17H,2,5-8H2,1H3. The number of nitrogens with zero attached hydrogens (tertiary/aromatic N) is 1. The Morgan fingerprint density at radius 1 is 1.44 bits per heavy atom. The van der Waals surface area contributed by atoms with E-state index in [2.05, 4.69) is 29.5 Å². The lowest BCUT2D eigenvalue weighted by Crippen LogP contribution is -2.38. The smallest absolute Gasteiger partial charge is 0.253 e. The average Bonchev–Trinajstić information content (AvgIpc) is 2.41. The highest BCUT2D eigenvalue weighted by Crippen LogP contribution is 2.24. The Balaban J connectivity index is 2.05. The molecule has 1 aliphatic rings. The highest BCUT2D eigenvalue weighted by atomic mass is 127. The molecule has 0 radical (unpaired) electrons. The molecule has 1 fully saturated rings. The SMILES string of the molecule is CCC1CCN(C(=O)c2ccc(I)c(O)c2)CC1. The number of carbonyl (C=O) groups is 1. The van der Waals surface area contributed by atoms with Crippen molar-refractivity contribution in [2.75, 3.05) is 13.1 Å². The second-order valence-electron chi connectivity index (χ2n) is 4.81. The molecule has 0 bridgehead atoms. The maximum Gasteiger partial charge on any atom is 0.253 e. The minimum Gasteiger partial charge on any atom is -0.507 e. The van der Waals surface area contributed by atoms with Gasteiger partial charge in [0.25, 0.3) is 5.91 Å². The van der Waals surface area contributed by atoms with Crippen LogP contribution in [0.3, 0.4) is 0 Å². The van der Waals surface area contributed by atoms with Crippen LogP contribution in [0.4, 0.5) is 0 Å². The molecule has 0 spiro atoms. The first-order valence-electron chi connectivity index (χ1n) is 6.39. The van der Waals surface area contributed by atoms with Crippen LogP contribution in [0.2, 0.25) is 0 Å². The monoisotopic (exact) mass is 359 g/mol. The fourth-order valence-corrected chi connectivity index (χ4v) is 2.71. The number of halogens is 1. The molecular formula is C14H18INO2. The highest BCUT2D eigenvalue weighted by Gasteiger charge is 2.22. The van der Waals surface area contributed by atoms with Gasteiger partial charge >= 0.3 is 0 Å². The molecule has 0 aliphatic carbocycles. The van der Waals surface area contributed by atoms with E-state index in [9.17, 15) is 9.90 Å². The lowest BCUT2D eigenvalue weighted by Gasteiger charge is -2.31. The molecule has 1 aliphatic heterocycles. The minimum absolute atomic E-state index is 0.0382. The molecule has 0 atom stereocenters. The van der Waals surface area contributed by atoms with Crippen molar-refractivity contribution in [3.63, 3.8) is 0 Å². The Kier molecular flexibility index (Phi) is 4.48. The second kappa shape index (κ2) is 5.91. The van der Waals surface area contributed by atoms with Crippen LogP contribution >= 0.6 is 22.6 Å². The van der Waals surface area contributed by atoms with Crippen molar-refractivity contribution in [1.82, 2.24) is 4.90 Å². The summed E-state index contributed by atoms with van der Waals surface area (Å²) in [5.74, 6) is 0.986. The Bertz CT molecular complexity index is 439. The quantitative estimate of drug-likeness (QED) is 0.824. The van der Waals surface area contributed by atoms with Gasteiger partial charge in [-0.1, -0.05) is 13.3 Å². The fraction of sp³-hybridized carbons (Fsp3) is 0.500.